The van der Waals surface area contributed by atoms with Crippen LogP contribution in [0.4, 0.5) is 0 Å². The smallest absolute Gasteiger partial charge is 0.276 e. The average Bonchev–Trinajstić information content (AvgIpc) is 3.17. The number of furan rings is 1. The van der Waals surface area contributed by atoms with Crippen molar-refractivity contribution < 1.29 is 12.8 Å². The van der Waals surface area contributed by atoms with Crippen molar-refractivity contribution >= 4 is 10.0 Å². The molecule has 3 fully saturated rings. The fourth-order valence-corrected chi connectivity index (χ4v) is 5.82. The Kier molecular flexibility index (Phi) is 4.24. The third kappa shape index (κ3) is 2.96. The van der Waals surface area contributed by atoms with E-state index >= 15 is 0 Å². The van der Waals surface area contributed by atoms with Gasteiger partial charge in [0.25, 0.3) is 10.0 Å². The molecule has 23 heavy (non-hydrogen) atoms. The number of nitrogens with zero attached hydrogens (tertiary/aromatic N) is 2. The van der Waals surface area contributed by atoms with Gasteiger partial charge in [-0.2, -0.15) is 4.31 Å². The number of likely N-dealkylation sites (tertiary alicyclic amines) is 1. The molecule has 3 aliphatic rings. The Bertz CT molecular complexity index is 649. The van der Waals surface area contributed by atoms with Gasteiger partial charge in [0.1, 0.15) is 5.76 Å². The number of rotatable bonds is 4. The zero-order chi connectivity index (χ0) is 15.9. The second-order valence-corrected chi connectivity index (χ2v) is 9.10. The molecule has 0 amide bonds. The molecule has 0 radical (unpaired) electrons. The SMILES string of the molecule is O=S(=O)(c1ccc(CN2CC3CCCCCC32)o1)N1CCCC1. The molecule has 1 aromatic heterocycles. The first-order valence-corrected chi connectivity index (χ1v) is 10.4. The summed E-state index contributed by atoms with van der Waals surface area (Å²) >= 11 is 0. The van der Waals surface area contributed by atoms with Crippen LogP contribution in [-0.2, 0) is 16.6 Å². The Morgan fingerprint density at radius 2 is 1.83 bits per heavy atom. The van der Waals surface area contributed by atoms with Gasteiger partial charge in [-0.3, -0.25) is 4.90 Å². The Labute approximate surface area is 138 Å². The summed E-state index contributed by atoms with van der Waals surface area (Å²) < 4.78 is 32.3. The van der Waals surface area contributed by atoms with Crippen LogP contribution in [0, 0.1) is 5.92 Å². The van der Waals surface area contributed by atoms with Gasteiger partial charge in [0.2, 0.25) is 5.09 Å². The van der Waals surface area contributed by atoms with E-state index in [1.807, 2.05) is 6.07 Å². The molecule has 4 rings (SSSR count). The van der Waals surface area contributed by atoms with E-state index in [0.29, 0.717) is 19.1 Å². The normalized spacial score (nSPS) is 29.9. The van der Waals surface area contributed by atoms with Crippen LogP contribution in [-0.4, -0.2) is 43.3 Å². The predicted octanol–water partition coefficient (Wildman–Crippen LogP) is 2.83. The van der Waals surface area contributed by atoms with Crippen LogP contribution < -0.4 is 0 Å². The van der Waals surface area contributed by atoms with E-state index in [4.69, 9.17) is 4.42 Å². The van der Waals surface area contributed by atoms with E-state index in [2.05, 4.69) is 4.90 Å². The monoisotopic (exact) mass is 338 g/mol. The first kappa shape index (κ1) is 15.7. The van der Waals surface area contributed by atoms with Crippen molar-refractivity contribution in [1.82, 2.24) is 9.21 Å². The van der Waals surface area contributed by atoms with Crippen LogP contribution in [0.15, 0.2) is 21.6 Å². The zero-order valence-electron chi connectivity index (χ0n) is 13.6. The van der Waals surface area contributed by atoms with Gasteiger partial charge >= 0.3 is 0 Å². The maximum absolute atomic E-state index is 12.5. The van der Waals surface area contributed by atoms with Crippen molar-refractivity contribution in [1.29, 1.82) is 0 Å². The molecule has 2 saturated heterocycles. The number of fused-ring (bicyclic) bond motifs is 1. The van der Waals surface area contributed by atoms with Crippen molar-refractivity contribution in [2.45, 2.75) is 62.6 Å². The standard InChI is InChI=1S/C17H26N2O3S/c20-23(21,19-10-4-5-11-19)17-9-8-15(22-17)13-18-12-14-6-2-1-3-7-16(14)18/h8-9,14,16H,1-7,10-13H2. The van der Waals surface area contributed by atoms with Crippen molar-refractivity contribution in [3.8, 4) is 0 Å². The molecule has 1 aliphatic carbocycles. The molecule has 3 heterocycles. The van der Waals surface area contributed by atoms with Crippen LogP contribution in [0.3, 0.4) is 0 Å². The highest BCUT2D eigenvalue weighted by molar-refractivity contribution is 7.89. The summed E-state index contributed by atoms with van der Waals surface area (Å²) in [7, 11) is -3.42. The molecule has 2 atom stereocenters. The lowest BCUT2D eigenvalue weighted by Crippen LogP contribution is -2.54. The predicted molar refractivity (Wildman–Crippen MR) is 87.5 cm³/mol. The molecule has 0 N–H and O–H groups in total. The Morgan fingerprint density at radius 1 is 1.04 bits per heavy atom. The summed E-state index contributed by atoms with van der Waals surface area (Å²) in [5.41, 5.74) is 0. The van der Waals surface area contributed by atoms with Crippen LogP contribution in [0.1, 0.15) is 50.7 Å². The molecule has 128 valence electrons. The fourth-order valence-electron chi connectivity index (χ4n) is 4.38. The summed E-state index contributed by atoms with van der Waals surface area (Å²) in [4.78, 5) is 2.46. The van der Waals surface area contributed by atoms with Crippen LogP contribution in [0.5, 0.6) is 0 Å². The molecular weight excluding hydrogens is 312 g/mol. The Balaban J connectivity index is 1.42. The van der Waals surface area contributed by atoms with Gasteiger partial charge < -0.3 is 4.42 Å². The van der Waals surface area contributed by atoms with Gasteiger partial charge in [-0.15, -0.1) is 0 Å². The van der Waals surface area contributed by atoms with Crippen LogP contribution in [0.25, 0.3) is 0 Å². The molecule has 5 nitrogen and oxygen atoms in total. The van der Waals surface area contributed by atoms with Gasteiger partial charge in [0.05, 0.1) is 6.54 Å². The van der Waals surface area contributed by atoms with E-state index in [1.54, 1.807) is 10.4 Å². The molecule has 2 aliphatic heterocycles. The molecule has 6 heteroatoms. The van der Waals surface area contributed by atoms with Gasteiger partial charge in [-0.25, -0.2) is 8.42 Å². The van der Waals surface area contributed by atoms with E-state index in [0.717, 1.165) is 37.6 Å². The second kappa shape index (κ2) is 6.22. The van der Waals surface area contributed by atoms with Gasteiger partial charge in [-0.05, 0) is 43.7 Å². The van der Waals surface area contributed by atoms with E-state index in [9.17, 15) is 8.42 Å². The van der Waals surface area contributed by atoms with Crippen LogP contribution in [0.2, 0.25) is 0 Å². The highest BCUT2D eigenvalue weighted by Gasteiger charge is 2.39. The highest BCUT2D eigenvalue weighted by atomic mass is 32.2. The maximum atomic E-state index is 12.5. The average molecular weight is 338 g/mol. The fraction of sp³-hybridized carbons (Fsp3) is 0.765. The molecule has 0 aromatic carbocycles. The summed E-state index contributed by atoms with van der Waals surface area (Å²) in [6.45, 7) is 3.12. The molecule has 2 unspecified atom stereocenters. The molecule has 0 spiro atoms. The minimum atomic E-state index is -3.42. The lowest BCUT2D eigenvalue weighted by Gasteiger charge is -2.47. The molecule has 0 bridgehead atoms. The first-order chi connectivity index (χ1) is 11.1. The van der Waals surface area contributed by atoms with E-state index in [-0.39, 0.29) is 5.09 Å². The molecule has 1 saturated carbocycles. The quantitative estimate of drug-likeness (QED) is 0.847. The maximum Gasteiger partial charge on any atom is 0.276 e. The molecule has 1 aromatic rings. The van der Waals surface area contributed by atoms with Gasteiger partial charge in [0.15, 0.2) is 0 Å². The van der Waals surface area contributed by atoms with E-state index in [1.165, 1.54) is 32.1 Å². The third-order valence-electron chi connectivity index (χ3n) is 5.71. The minimum absolute atomic E-state index is 0.118. The van der Waals surface area contributed by atoms with Crippen LogP contribution >= 0.6 is 0 Å². The third-order valence-corrected chi connectivity index (χ3v) is 7.48. The lowest BCUT2D eigenvalue weighted by atomic mass is 9.84. The van der Waals surface area contributed by atoms with Crippen molar-refractivity contribution in [2.24, 2.45) is 5.92 Å². The van der Waals surface area contributed by atoms with Crippen molar-refractivity contribution in [3.63, 3.8) is 0 Å². The molecular formula is C17H26N2O3S. The minimum Gasteiger partial charge on any atom is -0.447 e. The first-order valence-electron chi connectivity index (χ1n) is 8.97. The number of hydrogen-bond acceptors (Lipinski definition) is 4. The second-order valence-electron chi connectivity index (χ2n) is 7.23. The zero-order valence-corrected chi connectivity index (χ0v) is 14.4. The summed E-state index contributed by atoms with van der Waals surface area (Å²) in [5.74, 6) is 1.63. The number of sulfonamides is 1. The lowest BCUT2D eigenvalue weighted by molar-refractivity contribution is -0.00272. The highest BCUT2D eigenvalue weighted by Crippen LogP contribution is 2.37. The Hall–Kier alpha value is -0.850. The largest absolute Gasteiger partial charge is 0.447 e. The van der Waals surface area contributed by atoms with Crippen molar-refractivity contribution in [2.75, 3.05) is 19.6 Å². The van der Waals surface area contributed by atoms with E-state index < -0.39 is 10.0 Å². The Morgan fingerprint density at radius 3 is 2.65 bits per heavy atom. The van der Waals surface area contributed by atoms with Crippen molar-refractivity contribution in [3.05, 3.63) is 17.9 Å². The van der Waals surface area contributed by atoms with Gasteiger partial charge in [-0.1, -0.05) is 19.3 Å². The van der Waals surface area contributed by atoms with Gasteiger partial charge in [0, 0.05) is 25.7 Å². The summed E-state index contributed by atoms with van der Waals surface area (Å²) in [5, 5.41) is 0.118. The summed E-state index contributed by atoms with van der Waals surface area (Å²) in [6, 6.07) is 4.15. The number of hydrogen-bond donors (Lipinski definition) is 0. The summed E-state index contributed by atoms with van der Waals surface area (Å²) in [6.07, 6.45) is 8.59. The topological polar surface area (TPSA) is 53.8 Å².